The van der Waals surface area contributed by atoms with Crippen molar-refractivity contribution in [1.82, 2.24) is 0 Å². The van der Waals surface area contributed by atoms with E-state index in [1.165, 1.54) is 13.2 Å². The van der Waals surface area contributed by atoms with Crippen LogP contribution in [0.1, 0.15) is 11.7 Å². The number of hydrogen-bond donors (Lipinski definition) is 3. The first kappa shape index (κ1) is 10.2. The Morgan fingerprint density at radius 3 is 2.77 bits per heavy atom. The molecule has 0 aromatic heterocycles. The summed E-state index contributed by atoms with van der Waals surface area (Å²) < 4.78 is 4.89. The van der Waals surface area contributed by atoms with Gasteiger partial charge in [0.2, 0.25) is 0 Å². The van der Waals surface area contributed by atoms with Gasteiger partial charge in [-0.1, -0.05) is 6.07 Å². The second kappa shape index (κ2) is 4.39. The number of methoxy groups -OCH3 is 1. The van der Waals surface area contributed by atoms with Crippen LogP contribution in [0.25, 0.3) is 0 Å². The van der Waals surface area contributed by atoms with Crippen molar-refractivity contribution in [2.45, 2.75) is 6.10 Å². The van der Waals surface area contributed by atoms with E-state index in [1.807, 2.05) is 0 Å². The number of phenolic OH excluding ortho intramolecular Hbond substituents is 1. The maximum Gasteiger partial charge on any atom is 0.160 e. The van der Waals surface area contributed by atoms with Gasteiger partial charge in [-0.25, -0.2) is 0 Å². The number of hydrogen-bond acceptors (Lipinski definition) is 4. The molecule has 0 fully saturated rings. The Labute approximate surface area is 82.4 Å². The first-order chi connectivity index (χ1) is 6.19. The zero-order valence-electron chi connectivity index (χ0n) is 7.27. The molecule has 1 atom stereocenters. The number of rotatable bonds is 3. The third-order valence-corrected chi connectivity index (χ3v) is 2.11. The quantitative estimate of drug-likeness (QED) is 0.646. The van der Waals surface area contributed by atoms with Crippen LogP contribution in [-0.2, 0) is 0 Å². The Morgan fingerprint density at radius 1 is 1.54 bits per heavy atom. The monoisotopic (exact) mass is 200 g/mol. The van der Waals surface area contributed by atoms with E-state index in [-0.39, 0.29) is 5.75 Å². The molecule has 0 aliphatic heterocycles. The molecule has 0 bridgehead atoms. The molecule has 0 aliphatic rings. The normalized spacial score (nSPS) is 12.5. The Balaban J connectivity index is 2.99. The van der Waals surface area contributed by atoms with Gasteiger partial charge in [0.1, 0.15) is 0 Å². The number of phenols is 1. The van der Waals surface area contributed by atoms with E-state index < -0.39 is 6.10 Å². The summed E-state index contributed by atoms with van der Waals surface area (Å²) >= 11 is 3.96. The van der Waals surface area contributed by atoms with Crippen molar-refractivity contribution in [3.05, 3.63) is 23.8 Å². The first-order valence-electron chi connectivity index (χ1n) is 3.85. The third-order valence-electron chi connectivity index (χ3n) is 1.76. The van der Waals surface area contributed by atoms with Crippen LogP contribution >= 0.6 is 12.6 Å². The number of ether oxygens (including phenoxy) is 1. The molecule has 0 heterocycles. The fourth-order valence-corrected chi connectivity index (χ4v) is 1.22. The first-order valence-corrected chi connectivity index (χ1v) is 4.48. The summed E-state index contributed by atoms with van der Waals surface area (Å²) in [5.74, 6) is 0.768. The van der Waals surface area contributed by atoms with Gasteiger partial charge in [0.15, 0.2) is 11.5 Å². The van der Waals surface area contributed by atoms with Crippen molar-refractivity contribution in [3.63, 3.8) is 0 Å². The molecule has 2 N–H and O–H groups in total. The Morgan fingerprint density at radius 2 is 2.23 bits per heavy atom. The second-order valence-corrected chi connectivity index (χ2v) is 2.99. The lowest BCUT2D eigenvalue weighted by atomic mass is 10.1. The summed E-state index contributed by atoms with van der Waals surface area (Å²) in [6.07, 6.45) is -0.627. The highest BCUT2D eigenvalue weighted by Crippen LogP contribution is 2.28. The summed E-state index contributed by atoms with van der Waals surface area (Å²) in [5.41, 5.74) is 0.685. The molecule has 13 heavy (non-hydrogen) atoms. The summed E-state index contributed by atoms with van der Waals surface area (Å²) in [7, 11) is 1.46. The smallest absolute Gasteiger partial charge is 0.160 e. The molecule has 4 heteroatoms. The van der Waals surface area contributed by atoms with E-state index in [0.29, 0.717) is 17.1 Å². The zero-order valence-corrected chi connectivity index (χ0v) is 8.16. The lowest BCUT2D eigenvalue weighted by molar-refractivity contribution is 0.204. The molecule has 3 nitrogen and oxygen atoms in total. The van der Waals surface area contributed by atoms with Crippen LogP contribution in [0, 0.1) is 0 Å². The van der Waals surface area contributed by atoms with Gasteiger partial charge in [0.25, 0.3) is 0 Å². The topological polar surface area (TPSA) is 49.7 Å². The van der Waals surface area contributed by atoms with Gasteiger partial charge in [-0.05, 0) is 17.7 Å². The van der Waals surface area contributed by atoms with Crippen LogP contribution < -0.4 is 4.74 Å². The van der Waals surface area contributed by atoms with Gasteiger partial charge in [0, 0.05) is 5.75 Å². The summed E-state index contributed by atoms with van der Waals surface area (Å²) in [6.45, 7) is 0. The highest BCUT2D eigenvalue weighted by atomic mass is 32.1. The molecule has 1 unspecified atom stereocenters. The van der Waals surface area contributed by atoms with Gasteiger partial charge < -0.3 is 14.9 Å². The fraction of sp³-hybridized carbons (Fsp3) is 0.333. The predicted molar refractivity (Wildman–Crippen MR) is 53.5 cm³/mol. The standard InChI is InChI=1S/C9H12O3S/c1-12-9-4-6(8(11)5-13)2-3-7(9)10/h2-4,8,10-11,13H,5H2,1H3. The third kappa shape index (κ3) is 2.29. The van der Waals surface area contributed by atoms with Gasteiger partial charge in [-0.2, -0.15) is 12.6 Å². The number of thiol groups is 1. The lowest BCUT2D eigenvalue weighted by Gasteiger charge is -2.10. The van der Waals surface area contributed by atoms with E-state index in [2.05, 4.69) is 12.6 Å². The lowest BCUT2D eigenvalue weighted by Crippen LogP contribution is -1.98. The van der Waals surface area contributed by atoms with Crippen molar-refractivity contribution in [1.29, 1.82) is 0 Å². The van der Waals surface area contributed by atoms with E-state index in [1.54, 1.807) is 12.1 Å². The highest BCUT2D eigenvalue weighted by Gasteiger charge is 2.08. The van der Waals surface area contributed by atoms with E-state index >= 15 is 0 Å². The molecule has 0 aliphatic carbocycles. The summed E-state index contributed by atoms with van der Waals surface area (Å²) in [4.78, 5) is 0. The minimum Gasteiger partial charge on any atom is -0.504 e. The molecule has 0 spiro atoms. The fourth-order valence-electron chi connectivity index (χ4n) is 1.01. The van der Waals surface area contributed by atoms with Gasteiger partial charge >= 0.3 is 0 Å². The Kier molecular flexibility index (Phi) is 3.45. The minimum absolute atomic E-state index is 0.0672. The number of aliphatic hydroxyl groups is 1. The molecular formula is C9H12O3S. The number of aliphatic hydroxyl groups excluding tert-OH is 1. The maximum atomic E-state index is 9.43. The van der Waals surface area contributed by atoms with Gasteiger partial charge in [-0.3, -0.25) is 0 Å². The van der Waals surface area contributed by atoms with Crippen LogP contribution in [0.4, 0.5) is 0 Å². The van der Waals surface area contributed by atoms with Crippen molar-refractivity contribution in [3.8, 4) is 11.5 Å². The van der Waals surface area contributed by atoms with Crippen molar-refractivity contribution in [2.24, 2.45) is 0 Å². The molecule has 0 saturated heterocycles. The van der Waals surface area contributed by atoms with Crippen molar-refractivity contribution < 1.29 is 14.9 Å². The predicted octanol–water partition coefficient (Wildman–Crippen LogP) is 1.36. The van der Waals surface area contributed by atoms with Crippen molar-refractivity contribution in [2.75, 3.05) is 12.9 Å². The molecule has 1 aromatic rings. The Bertz CT molecular complexity index is 288. The van der Waals surface area contributed by atoms with Crippen LogP contribution in [0.3, 0.4) is 0 Å². The van der Waals surface area contributed by atoms with E-state index in [9.17, 15) is 10.2 Å². The highest BCUT2D eigenvalue weighted by molar-refractivity contribution is 7.80. The van der Waals surface area contributed by atoms with E-state index in [4.69, 9.17) is 4.74 Å². The van der Waals surface area contributed by atoms with Crippen LogP contribution in [0.5, 0.6) is 11.5 Å². The SMILES string of the molecule is COc1cc(C(O)CS)ccc1O. The largest absolute Gasteiger partial charge is 0.504 e. The molecule has 72 valence electrons. The van der Waals surface area contributed by atoms with Gasteiger partial charge in [0.05, 0.1) is 13.2 Å². The van der Waals surface area contributed by atoms with E-state index in [0.717, 1.165) is 0 Å². The molecule has 0 amide bonds. The maximum absolute atomic E-state index is 9.43. The average Bonchev–Trinajstić information content (AvgIpc) is 2.17. The van der Waals surface area contributed by atoms with Crippen LogP contribution in [0.2, 0.25) is 0 Å². The zero-order chi connectivity index (χ0) is 9.84. The van der Waals surface area contributed by atoms with Gasteiger partial charge in [-0.15, -0.1) is 0 Å². The molecule has 0 radical (unpaired) electrons. The van der Waals surface area contributed by atoms with Crippen LogP contribution in [-0.4, -0.2) is 23.1 Å². The number of aromatic hydroxyl groups is 1. The average molecular weight is 200 g/mol. The molecular weight excluding hydrogens is 188 g/mol. The minimum atomic E-state index is -0.627. The molecule has 0 saturated carbocycles. The Hall–Kier alpha value is -0.870. The summed E-state index contributed by atoms with van der Waals surface area (Å²) in [5, 5.41) is 18.7. The van der Waals surface area contributed by atoms with Crippen LogP contribution in [0.15, 0.2) is 18.2 Å². The molecule has 1 rings (SSSR count). The second-order valence-electron chi connectivity index (χ2n) is 2.63. The summed E-state index contributed by atoms with van der Waals surface area (Å²) in [6, 6.07) is 4.72. The number of benzene rings is 1. The van der Waals surface area contributed by atoms with Crippen molar-refractivity contribution >= 4 is 12.6 Å². The molecule has 1 aromatic carbocycles.